The molecule has 2 aromatic carbocycles. The van der Waals surface area contributed by atoms with E-state index in [0.717, 1.165) is 28.3 Å². The van der Waals surface area contributed by atoms with E-state index in [2.05, 4.69) is 4.99 Å². The monoisotopic (exact) mass is 353 g/mol. The lowest BCUT2D eigenvalue weighted by Crippen LogP contribution is -2.15. The minimum absolute atomic E-state index is 0.311. The highest BCUT2D eigenvalue weighted by atomic mass is 16.5. The Hall–Kier alpha value is -3.02. The standard InChI is InChI=1S/C20H23N3O3/c1-4-25-13-9-10-14(17(11-13)26-5-2)20-19-15(23-18(21)12-22-20)7-6-8-16(19)24-3/h6-11H,4-5,12H2,1-3H3,(H2,21,23). The van der Waals surface area contributed by atoms with Gasteiger partial charge in [-0.25, -0.2) is 4.99 Å². The van der Waals surface area contributed by atoms with E-state index >= 15 is 0 Å². The van der Waals surface area contributed by atoms with Gasteiger partial charge in [-0.2, -0.15) is 0 Å². The molecule has 0 bridgehead atoms. The van der Waals surface area contributed by atoms with Crippen molar-refractivity contribution in [2.45, 2.75) is 13.8 Å². The van der Waals surface area contributed by atoms with E-state index in [1.54, 1.807) is 7.11 Å². The molecule has 0 aliphatic carbocycles. The van der Waals surface area contributed by atoms with Gasteiger partial charge in [0.15, 0.2) is 0 Å². The summed E-state index contributed by atoms with van der Waals surface area (Å²) in [5.41, 5.74) is 9.13. The first kappa shape index (κ1) is 17.8. The van der Waals surface area contributed by atoms with Crippen LogP contribution < -0.4 is 19.9 Å². The van der Waals surface area contributed by atoms with Gasteiger partial charge in [0.2, 0.25) is 0 Å². The molecule has 6 heteroatoms. The first-order valence-electron chi connectivity index (χ1n) is 8.62. The highest BCUT2D eigenvalue weighted by Crippen LogP contribution is 2.36. The van der Waals surface area contributed by atoms with Crippen LogP contribution in [0.15, 0.2) is 46.4 Å². The van der Waals surface area contributed by atoms with Crippen LogP contribution in [-0.4, -0.2) is 38.4 Å². The quantitative estimate of drug-likeness (QED) is 0.864. The summed E-state index contributed by atoms with van der Waals surface area (Å²) in [6.45, 7) is 5.33. The van der Waals surface area contributed by atoms with E-state index in [9.17, 15) is 0 Å². The Morgan fingerprint density at radius 2 is 1.85 bits per heavy atom. The van der Waals surface area contributed by atoms with Gasteiger partial charge in [0.25, 0.3) is 0 Å². The fourth-order valence-electron chi connectivity index (χ4n) is 2.90. The normalized spacial score (nSPS) is 13.2. The number of ether oxygens (including phenoxy) is 3. The van der Waals surface area contributed by atoms with Crippen molar-refractivity contribution < 1.29 is 14.2 Å². The zero-order chi connectivity index (χ0) is 18.5. The van der Waals surface area contributed by atoms with Crippen LogP contribution in [0, 0.1) is 0 Å². The van der Waals surface area contributed by atoms with Crippen LogP contribution in [0.5, 0.6) is 17.2 Å². The van der Waals surface area contributed by atoms with Crippen LogP contribution in [0.3, 0.4) is 0 Å². The minimum Gasteiger partial charge on any atom is -0.496 e. The molecule has 2 N–H and O–H groups in total. The molecule has 0 atom stereocenters. The molecule has 3 rings (SSSR count). The van der Waals surface area contributed by atoms with Crippen LogP contribution in [0.4, 0.5) is 5.69 Å². The topological polar surface area (TPSA) is 78.4 Å². The molecule has 1 aliphatic heterocycles. The van der Waals surface area contributed by atoms with Gasteiger partial charge in [0.1, 0.15) is 23.1 Å². The summed E-state index contributed by atoms with van der Waals surface area (Å²) >= 11 is 0. The first-order valence-corrected chi connectivity index (χ1v) is 8.62. The number of hydrogen-bond donors (Lipinski definition) is 1. The highest BCUT2D eigenvalue weighted by molar-refractivity contribution is 6.20. The van der Waals surface area contributed by atoms with E-state index in [1.165, 1.54) is 0 Å². The molecule has 1 heterocycles. The van der Waals surface area contributed by atoms with E-state index in [4.69, 9.17) is 24.9 Å². The van der Waals surface area contributed by atoms with Crippen molar-refractivity contribution in [2.75, 3.05) is 26.9 Å². The third kappa shape index (κ3) is 3.49. The Kier molecular flexibility index (Phi) is 5.41. The molecule has 2 aromatic rings. The average molecular weight is 353 g/mol. The Bertz CT molecular complexity index is 859. The second-order valence-electron chi connectivity index (χ2n) is 5.65. The average Bonchev–Trinajstić information content (AvgIpc) is 2.81. The fourth-order valence-corrected chi connectivity index (χ4v) is 2.90. The number of amidine groups is 1. The van der Waals surface area contributed by atoms with Crippen LogP contribution >= 0.6 is 0 Å². The smallest absolute Gasteiger partial charge is 0.132 e. The van der Waals surface area contributed by atoms with Gasteiger partial charge in [0.05, 0.1) is 43.8 Å². The maximum atomic E-state index is 5.99. The Morgan fingerprint density at radius 3 is 2.58 bits per heavy atom. The van der Waals surface area contributed by atoms with Crippen molar-refractivity contribution in [3.8, 4) is 17.2 Å². The predicted molar refractivity (Wildman–Crippen MR) is 104 cm³/mol. The molecule has 0 amide bonds. The molecule has 0 spiro atoms. The molecule has 0 unspecified atom stereocenters. The Labute approximate surface area is 153 Å². The molecule has 0 saturated carbocycles. The van der Waals surface area contributed by atoms with Crippen LogP contribution in [0.2, 0.25) is 0 Å². The molecule has 0 radical (unpaired) electrons. The lowest BCUT2D eigenvalue weighted by Gasteiger charge is -2.17. The molecular formula is C20H23N3O3. The molecule has 26 heavy (non-hydrogen) atoms. The molecular weight excluding hydrogens is 330 g/mol. The number of methoxy groups -OCH3 is 1. The number of aliphatic imine (C=N–C) groups is 2. The molecule has 6 nitrogen and oxygen atoms in total. The van der Waals surface area contributed by atoms with Crippen molar-refractivity contribution >= 4 is 17.2 Å². The van der Waals surface area contributed by atoms with E-state index in [1.807, 2.05) is 50.2 Å². The lowest BCUT2D eigenvalue weighted by molar-refractivity contribution is 0.323. The first-order chi connectivity index (χ1) is 12.7. The number of rotatable bonds is 6. The number of hydrogen-bond acceptors (Lipinski definition) is 6. The molecule has 136 valence electrons. The third-order valence-corrected chi connectivity index (χ3v) is 3.94. The summed E-state index contributed by atoms with van der Waals surface area (Å²) in [4.78, 5) is 9.18. The molecule has 0 fully saturated rings. The van der Waals surface area contributed by atoms with Crippen LogP contribution in [0.1, 0.15) is 25.0 Å². The summed E-state index contributed by atoms with van der Waals surface area (Å²) in [5, 5.41) is 0. The molecule has 0 saturated heterocycles. The predicted octanol–water partition coefficient (Wildman–Crippen LogP) is 3.33. The highest BCUT2D eigenvalue weighted by Gasteiger charge is 2.22. The largest absolute Gasteiger partial charge is 0.496 e. The van der Waals surface area contributed by atoms with Crippen molar-refractivity contribution in [2.24, 2.45) is 15.7 Å². The summed E-state index contributed by atoms with van der Waals surface area (Å²) < 4.78 is 17.0. The van der Waals surface area contributed by atoms with Gasteiger partial charge in [0, 0.05) is 11.6 Å². The number of benzene rings is 2. The van der Waals surface area contributed by atoms with E-state index in [-0.39, 0.29) is 0 Å². The third-order valence-electron chi connectivity index (χ3n) is 3.94. The minimum atomic E-state index is 0.311. The number of fused-ring (bicyclic) bond motifs is 1. The zero-order valence-electron chi connectivity index (χ0n) is 15.3. The maximum Gasteiger partial charge on any atom is 0.132 e. The maximum absolute atomic E-state index is 5.99. The van der Waals surface area contributed by atoms with Crippen LogP contribution in [0.25, 0.3) is 0 Å². The summed E-state index contributed by atoms with van der Waals surface area (Å²) in [5.74, 6) is 2.61. The van der Waals surface area contributed by atoms with Crippen molar-refractivity contribution in [3.05, 3.63) is 47.5 Å². The van der Waals surface area contributed by atoms with Crippen LogP contribution in [-0.2, 0) is 0 Å². The second-order valence-corrected chi connectivity index (χ2v) is 5.65. The number of nitrogens with zero attached hydrogens (tertiary/aromatic N) is 2. The van der Waals surface area contributed by atoms with Crippen molar-refractivity contribution in [3.63, 3.8) is 0 Å². The van der Waals surface area contributed by atoms with Gasteiger partial charge in [-0.1, -0.05) is 6.07 Å². The summed E-state index contributed by atoms with van der Waals surface area (Å²) in [6, 6.07) is 11.4. The SMILES string of the molecule is CCOc1ccc(C2=NCC(N)=Nc3cccc(OC)c32)c(OCC)c1. The summed E-state index contributed by atoms with van der Waals surface area (Å²) in [7, 11) is 1.63. The van der Waals surface area contributed by atoms with Gasteiger partial charge < -0.3 is 19.9 Å². The Balaban J connectivity index is 2.19. The second kappa shape index (κ2) is 7.91. The van der Waals surface area contributed by atoms with E-state index in [0.29, 0.717) is 37.1 Å². The number of nitrogens with two attached hydrogens (primary N) is 1. The molecule has 0 aromatic heterocycles. The fraction of sp³-hybridized carbons (Fsp3) is 0.300. The van der Waals surface area contributed by atoms with Gasteiger partial charge in [-0.3, -0.25) is 4.99 Å². The summed E-state index contributed by atoms with van der Waals surface area (Å²) in [6.07, 6.45) is 0. The lowest BCUT2D eigenvalue weighted by atomic mass is 9.98. The van der Waals surface area contributed by atoms with Crippen molar-refractivity contribution in [1.29, 1.82) is 0 Å². The van der Waals surface area contributed by atoms with Gasteiger partial charge in [-0.15, -0.1) is 0 Å². The van der Waals surface area contributed by atoms with E-state index < -0.39 is 0 Å². The Morgan fingerprint density at radius 1 is 1.04 bits per heavy atom. The molecule has 1 aliphatic rings. The zero-order valence-corrected chi connectivity index (χ0v) is 15.3. The van der Waals surface area contributed by atoms with Crippen molar-refractivity contribution in [1.82, 2.24) is 0 Å². The van der Waals surface area contributed by atoms with Gasteiger partial charge in [-0.05, 0) is 38.1 Å². The van der Waals surface area contributed by atoms with Gasteiger partial charge >= 0.3 is 0 Å².